The summed E-state index contributed by atoms with van der Waals surface area (Å²) in [5.74, 6) is -0.887. The number of phosphoric acid groups is 1. The number of nitrogens with two attached hydrogens (primary N) is 1. The number of phosphoric ester groups is 1. The van der Waals surface area contributed by atoms with Crippen molar-refractivity contribution in [3.8, 4) is 0 Å². The van der Waals surface area contributed by atoms with E-state index >= 15 is 0 Å². The lowest BCUT2D eigenvalue weighted by molar-refractivity contribution is -0.161. The highest BCUT2D eigenvalue weighted by Crippen LogP contribution is 2.43. The molecule has 0 fully saturated rings. The van der Waals surface area contributed by atoms with Crippen LogP contribution in [-0.2, 0) is 32.7 Å². The van der Waals surface area contributed by atoms with Gasteiger partial charge >= 0.3 is 19.8 Å². The third-order valence-electron chi connectivity index (χ3n) is 8.00. The van der Waals surface area contributed by atoms with Gasteiger partial charge in [0.2, 0.25) is 0 Å². The van der Waals surface area contributed by atoms with Gasteiger partial charge in [0.25, 0.3) is 0 Å². The summed E-state index contributed by atoms with van der Waals surface area (Å²) in [6, 6.07) is 0. The van der Waals surface area contributed by atoms with Gasteiger partial charge in [0.05, 0.1) is 13.2 Å². The zero-order valence-corrected chi connectivity index (χ0v) is 32.1. The molecule has 0 aromatic carbocycles. The fourth-order valence-corrected chi connectivity index (χ4v) is 5.83. The van der Waals surface area contributed by atoms with Gasteiger partial charge in [-0.2, -0.15) is 0 Å². The summed E-state index contributed by atoms with van der Waals surface area (Å²) in [5.41, 5.74) is 5.33. The molecule has 10 heteroatoms. The number of esters is 2. The van der Waals surface area contributed by atoms with Crippen molar-refractivity contribution >= 4 is 19.8 Å². The molecule has 1 unspecified atom stereocenters. The number of unbranched alkanes of at least 4 members (excludes halogenated alkanes) is 17. The van der Waals surface area contributed by atoms with Gasteiger partial charge in [-0.05, 0) is 70.6 Å². The molecule has 0 aliphatic rings. The number of hydrogen-bond donors (Lipinski definition) is 2. The Labute approximate surface area is 299 Å². The van der Waals surface area contributed by atoms with E-state index in [1.165, 1.54) is 77.0 Å². The molecule has 0 rings (SSSR count). The Morgan fingerprint density at radius 3 is 1.61 bits per heavy atom. The smallest absolute Gasteiger partial charge is 0.462 e. The summed E-state index contributed by atoms with van der Waals surface area (Å²) >= 11 is 0. The molecule has 49 heavy (non-hydrogen) atoms. The third-order valence-corrected chi connectivity index (χ3v) is 8.98. The largest absolute Gasteiger partial charge is 0.472 e. The molecule has 3 N–H and O–H groups in total. The minimum Gasteiger partial charge on any atom is -0.462 e. The van der Waals surface area contributed by atoms with Crippen LogP contribution < -0.4 is 5.73 Å². The second kappa shape index (κ2) is 36.0. The van der Waals surface area contributed by atoms with Gasteiger partial charge in [-0.25, -0.2) is 4.57 Å². The second-order valence-corrected chi connectivity index (χ2v) is 14.2. The molecule has 0 aliphatic heterocycles. The Morgan fingerprint density at radius 2 is 1.06 bits per heavy atom. The van der Waals surface area contributed by atoms with Crippen LogP contribution in [0.4, 0.5) is 0 Å². The number of rotatable bonds is 36. The zero-order chi connectivity index (χ0) is 36.1. The lowest BCUT2D eigenvalue weighted by atomic mass is 10.1. The number of carbonyl (C=O) groups is 2. The Kier molecular flexibility index (Phi) is 34.7. The molecule has 0 aromatic rings. The lowest BCUT2D eigenvalue weighted by Gasteiger charge is -2.19. The van der Waals surface area contributed by atoms with Crippen LogP contribution in [-0.4, -0.2) is 49.3 Å². The van der Waals surface area contributed by atoms with E-state index in [1.807, 2.05) is 0 Å². The van der Waals surface area contributed by atoms with Gasteiger partial charge in [0.1, 0.15) is 6.61 Å². The van der Waals surface area contributed by atoms with Gasteiger partial charge in [-0.1, -0.05) is 121 Å². The van der Waals surface area contributed by atoms with Crippen LogP contribution in [0.15, 0.2) is 36.5 Å². The molecule has 2 atom stereocenters. The fourth-order valence-electron chi connectivity index (χ4n) is 5.07. The number of ether oxygens (including phenoxy) is 2. The summed E-state index contributed by atoms with van der Waals surface area (Å²) in [4.78, 5) is 34.7. The highest BCUT2D eigenvalue weighted by atomic mass is 31.2. The average Bonchev–Trinajstić information content (AvgIpc) is 3.08. The number of carbonyl (C=O) groups excluding carboxylic acids is 2. The van der Waals surface area contributed by atoms with Crippen molar-refractivity contribution in [2.45, 2.75) is 174 Å². The second-order valence-electron chi connectivity index (χ2n) is 12.8. The Morgan fingerprint density at radius 1 is 0.612 bits per heavy atom. The molecular formula is C39H72NO8P. The molecule has 0 amide bonds. The van der Waals surface area contributed by atoms with Gasteiger partial charge in [0.15, 0.2) is 6.10 Å². The minimum atomic E-state index is -4.38. The van der Waals surface area contributed by atoms with Crippen LogP contribution in [0, 0.1) is 0 Å². The zero-order valence-electron chi connectivity index (χ0n) is 31.2. The predicted molar refractivity (Wildman–Crippen MR) is 201 cm³/mol. The predicted octanol–water partition coefficient (Wildman–Crippen LogP) is 10.6. The van der Waals surface area contributed by atoms with Crippen molar-refractivity contribution in [1.29, 1.82) is 0 Å². The van der Waals surface area contributed by atoms with E-state index < -0.39 is 32.5 Å². The SMILES string of the molecule is CCCCCCCC/C=C/C/C=C/CCCCC(=O)OC[C@H](COP(=O)(O)OCCN)OC(=O)CCCCC/C=C/CCCCCCCC. The molecule has 0 saturated heterocycles. The van der Waals surface area contributed by atoms with Crippen LogP contribution in [0.1, 0.15) is 168 Å². The van der Waals surface area contributed by atoms with E-state index in [0.29, 0.717) is 12.8 Å². The first-order valence-electron chi connectivity index (χ1n) is 19.5. The topological polar surface area (TPSA) is 134 Å². The van der Waals surface area contributed by atoms with Crippen molar-refractivity contribution in [3.63, 3.8) is 0 Å². The standard InChI is InChI=1S/C39H72NO8P/c1-3-5-7-9-11-13-15-17-18-20-21-23-25-27-29-31-38(41)45-35-37(36-47-49(43,44)46-34-33-40)48-39(42)32-30-28-26-24-22-19-16-14-12-10-8-6-4-2/h17-19,21-23,37H,3-16,20,24-36,40H2,1-2H3,(H,43,44)/b18-17+,22-19+,23-21+/t37-/m1/s1. The molecule has 0 heterocycles. The first-order chi connectivity index (χ1) is 23.8. The van der Waals surface area contributed by atoms with E-state index in [9.17, 15) is 19.0 Å². The molecule has 0 aromatic heterocycles. The minimum absolute atomic E-state index is 0.0466. The summed E-state index contributed by atoms with van der Waals surface area (Å²) < 4.78 is 32.6. The molecular weight excluding hydrogens is 641 g/mol. The van der Waals surface area contributed by atoms with Gasteiger partial charge in [-0.3, -0.25) is 18.6 Å². The fraction of sp³-hybridized carbons (Fsp3) is 0.795. The Balaban J connectivity index is 4.30. The summed E-state index contributed by atoms with van der Waals surface area (Å²) in [6.45, 7) is 3.65. The van der Waals surface area contributed by atoms with E-state index in [1.54, 1.807) is 0 Å². The van der Waals surface area contributed by atoms with Crippen LogP contribution in [0.25, 0.3) is 0 Å². The van der Waals surface area contributed by atoms with Crippen LogP contribution in [0.3, 0.4) is 0 Å². The van der Waals surface area contributed by atoms with Crippen LogP contribution in [0.5, 0.6) is 0 Å². The van der Waals surface area contributed by atoms with Gasteiger partial charge < -0.3 is 20.1 Å². The highest BCUT2D eigenvalue weighted by Gasteiger charge is 2.25. The molecule has 9 nitrogen and oxygen atoms in total. The van der Waals surface area contributed by atoms with Crippen LogP contribution in [0.2, 0.25) is 0 Å². The quantitative estimate of drug-likeness (QED) is 0.0281. The number of hydrogen-bond acceptors (Lipinski definition) is 8. The number of allylic oxidation sites excluding steroid dienone is 6. The first kappa shape index (κ1) is 47.2. The molecule has 0 bridgehead atoms. The monoisotopic (exact) mass is 713 g/mol. The van der Waals surface area contributed by atoms with E-state index in [2.05, 4.69) is 50.3 Å². The highest BCUT2D eigenvalue weighted by molar-refractivity contribution is 7.47. The maximum atomic E-state index is 12.5. The molecule has 0 radical (unpaired) electrons. The maximum Gasteiger partial charge on any atom is 0.472 e. The third kappa shape index (κ3) is 35.8. The summed E-state index contributed by atoms with van der Waals surface area (Å²) in [5, 5.41) is 0. The van der Waals surface area contributed by atoms with E-state index in [-0.39, 0.29) is 32.6 Å². The van der Waals surface area contributed by atoms with Crippen molar-refractivity contribution in [2.24, 2.45) is 5.73 Å². The van der Waals surface area contributed by atoms with E-state index in [4.69, 9.17) is 24.3 Å². The molecule has 0 spiro atoms. The molecule has 0 saturated carbocycles. The van der Waals surface area contributed by atoms with Crippen LogP contribution >= 0.6 is 7.82 Å². The lowest BCUT2D eigenvalue weighted by Crippen LogP contribution is -2.29. The van der Waals surface area contributed by atoms with Gasteiger partial charge in [-0.15, -0.1) is 0 Å². The summed E-state index contributed by atoms with van der Waals surface area (Å²) in [6.07, 6.45) is 37.5. The van der Waals surface area contributed by atoms with Crippen molar-refractivity contribution in [3.05, 3.63) is 36.5 Å². The molecule has 0 aliphatic carbocycles. The average molecular weight is 714 g/mol. The summed E-state index contributed by atoms with van der Waals surface area (Å²) in [7, 11) is -4.38. The Bertz CT molecular complexity index is 907. The van der Waals surface area contributed by atoms with Gasteiger partial charge in [0, 0.05) is 19.4 Å². The van der Waals surface area contributed by atoms with Crippen molar-refractivity contribution in [2.75, 3.05) is 26.4 Å². The Hall–Kier alpha value is -1.77. The van der Waals surface area contributed by atoms with Crippen molar-refractivity contribution < 1.29 is 37.6 Å². The van der Waals surface area contributed by atoms with Crippen molar-refractivity contribution in [1.82, 2.24) is 0 Å². The first-order valence-corrected chi connectivity index (χ1v) is 21.0. The normalized spacial score (nSPS) is 13.8. The van der Waals surface area contributed by atoms with E-state index in [0.717, 1.165) is 51.4 Å². The maximum absolute atomic E-state index is 12.5. The molecule has 286 valence electrons.